The molecule has 0 radical (unpaired) electrons. The molecule has 20 heavy (non-hydrogen) atoms. The smallest absolute Gasteiger partial charge is 0.180 e. The molecule has 1 aromatic carbocycles. The van der Waals surface area contributed by atoms with Crippen LogP contribution in [0, 0.1) is 0 Å². The lowest BCUT2D eigenvalue weighted by Gasteiger charge is -2.15. The normalized spacial score (nSPS) is 10.3. The first-order valence-corrected chi connectivity index (χ1v) is 7.09. The molecule has 0 saturated heterocycles. The van der Waals surface area contributed by atoms with Gasteiger partial charge in [-0.1, -0.05) is 12.1 Å². The van der Waals surface area contributed by atoms with Gasteiger partial charge in [0.1, 0.15) is 5.75 Å². The minimum atomic E-state index is 0. The molecule has 2 N–H and O–H groups in total. The van der Waals surface area contributed by atoms with Crippen molar-refractivity contribution in [3.8, 4) is 5.75 Å². The zero-order chi connectivity index (χ0) is 13.7. The molecule has 0 aliphatic rings. The van der Waals surface area contributed by atoms with E-state index < -0.39 is 0 Å². The van der Waals surface area contributed by atoms with Crippen LogP contribution in [0.1, 0.15) is 17.4 Å². The Morgan fingerprint density at radius 1 is 1.25 bits per heavy atom. The quantitative estimate of drug-likeness (QED) is 0.890. The van der Waals surface area contributed by atoms with E-state index in [1.54, 1.807) is 11.3 Å². The van der Waals surface area contributed by atoms with Crippen LogP contribution in [-0.2, 0) is 13.1 Å². The zero-order valence-electron chi connectivity index (χ0n) is 11.7. The second kappa shape index (κ2) is 8.09. The summed E-state index contributed by atoms with van der Waals surface area (Å²) in [5, 5.41) is 0.629. The first kappa shape index (κ1) is 16.8. The highest BCUT2D eigenvalue weighted by Crippen LogP contribution is 2.18. The van der Waals surface area contributed by atoms with Crippen molar-refractivity contribution in [1.29, 1.82) is 0 Å². The lowest BCUT2D eigenvalue weighted by Crippen LogP contribution is -2.16. The van der Waals surface area contributed by atoms with Gasteiger partial charge in [-0.05, 0) is 31.7 Å². The summed E-state index contributed by atoms with van der Waals surface area (Å²) in [6, 6.07) is 8.22. The van der Waals surface area contributed by atoms with E-state index in [9.17, 15) is 0 Å². The van der Waals surface area contributed by atoms with Crippen LogP contribution in [0.2, 0.25) is 0 Å². The third-order valence-electron chi connectivity index (χ3n) is 2.68. The van der Waals surface area contributed by atoms with Gasteiger partial charge in [0.25, 0.3) is 0 Å². The van der Waals surface area contributed by atoms with Crippen molar-refractivity contribution < 1.29 is 4.74 Å². The molecule has 110 valence electrons. The van der Waals surface area contributed by atoms with Crippen molar-refractivity contribution >= 4 is 28.9 Å². The van der Waals surface area contributed by atoms with Crippen LogP contribution >= 0.6 is 23.7 Å². The summed E-state index contributed by atoms with van der Waals surface area (Å²) < 4.78 is 5.43. The van der Waals surface area contributed by atoms with Crippen molar-refractivity contribution in [2.45, 2.75) is 20.0 Å². The van der Waals surface area contributed by atoms with Crippen LogP contribution in [0.15, 0.2) is 30.5 Å². The molecule has 1 heterocycles. The Bertz CT molecular complexity index is 515. The SMILES string of the molecule is CCOc1ccc(CN(C)Cc2cnc(N)s2)cc1.Cl. The van der Waals surface area contributed by atoms with Gasteiger partial charge >= 0.3 is 0 Å². The summed E-state index contributed by atoms with van der Waals surface area (Å²) in [4.78, 5) is 7.49. The van der Waals surface area contributed by atoms with Crippen LogP contribution < -0.4 is 10.5 Å². The number of ether oxygens (including phenoxy) is 1. The maximum atomic E-state index is 5.63. The molecule has 0 aliphatic carbocycles. The largest absolute Gasteiger partial charge is 0.494 e. The highest BCUT2D eigenvalue weighted by Gasteiger charge is 2.05. The first-order valence-electron chi connectivity index (χ1n) is 6.28. The number of nitrogens with two attached hydrogens (primary N) is 1. The Labute approximate surface area is 130 Å². The van der Waals surface area contributed by atoms with Crippen LogP contribution in [0.5, 0.6) is 5.75 Å². The number of hydrogen-bond donors (Lipinski definition) is 1. The Balaban J connectivity index is 0.00000200. The molecule has 0 amide bonds. The molecule has 0 bridgehead atoms. The van der Waals surface area contributed by atoms with E-state index in [-0.39, 0.29) is 12.4 Å². The number of nitrogens with zero attached hydrogens (tertiary/aromatic N) is 2. The summed E-state index contributed by atoms with van der Waals surface area (Å²) in [6.07, 6.45) is 1.84. The number of hydrogen-bond acceptors (Lipinski definition) is 5. The third-order valence-corrected chi connectivity index (χ3v) is 3.50. The van der Waals surface area contributed by atoms with E-state index in [2.05, 4.69) is 29.1 Å². The van der Waals surface area contributed by atoms with E-state index in [1.807, 2.05) is 25.3 Å². The average molecular weight is 314 g/mol. The average Bonchev–Trinajstić information content (AvgIpc) is 2.77. The molecule has 0 atom stereocenters. The Morgan fingerprint density at radius 2 is 1.95 bits per heavy atom. The van der Waals surface area contributed by atoms with E-state index in [4.69, 9.17) is 10.5 Å². The summed E-state index contributed by atoms with van der Waals surface area (Å²) in [6.45, 7) is 4.45. The summed E-state index contributed by atoms with van der Waals surface area (Å²) in [7, 11) is 2.09. The van der Waals surface area contributed by atoms with Gasteiger partial charge in [0.2, 0.25) is 0 Å². The standard InChI is InChI=1S/C14H19N3OS.ClH/c1-3-18-12-6-4-11(5-7-12)9-17(2)10-13-8-16-14(15)19-13;/h4-8H,3,9-10H2,1-2H3,(H2,15,16);1H. The van der Waals surface area contributed by atoms with E-state index in [1.165, 1.54) is 10.4 Å². The lowest BCUT2D eigenvalue weighted by atomic mass is 10.2. The maximum Gasteiger partial charge on any atom is 0.180 e. The highest BCUT2D eigenvalue weighted by atomic mass is 35.5. The summed E-state index contributed by atoms with van der Waals surface area (Å²) in [5.74, 6) is 0.920. The van der Waals surface area contributed by atoms with E-state index in [0.29, 0.717) is 11.7 Å². The van der Waals surface area contributed by atoms with Gasteiger partial charge in [-0.15, -0.1) is 23.7 Å². The first-order chi connectivity index (χ1) is 9.17. The van der Waals surface area contributed by atoms with Crippen molar-refractivity contribution in [3.63, 3.8) is 0 Å². The fourth-order valence-corrected chi connectivity index (χ4v) is 2.65. The third kappa shape index (κ3) is 5.00. The zero-order valence-corrected chi connectivity index (χ0v) is 13.3. The summed E-state index contributed by atoms with van der Waals surface area (Å²) in [5.41, 5.74) is 6.89. The van der Waals surface area contributed by atoms with Crippen LogP contribution in [0.25, 0.3) is 0 Å². The lowest BCUT2D eigenvalue weighted by molar-refractivity contribution is 0.320. The molecule has 6 heteroatoms. The van der Waals surface area contributed by atoms with Gasteiger partial charge in [0, 0.05) is 24.2 Å². The Kier molecular flexibility index (Phi) is 6.78. The number of halogens is 1. The van der Waals surface area contributed by atoms with Gasteiger partial charge in [-0.2, -0.15) is 0 Å². The number of nitrogen functional groups attached to an aromatic ring is 1. The second-order valence-electron chi connectivity index (χ2n) is 4.41. The summed E-state index contributed by atoms with van der Waals surface area (Å²) >= 11 is 1.54. The predicted octanol–water partition coefficient (Wildman–Crippen LogP) is 3.18. The Morgan fingerprint density at radius 3 is 2.50 bits per heavy atom. The van der Waals surface area contributed by atoms with E-state index in [0.717, 1.165) is 18.8 Å². The molecule has 0 fully saturated rings. The molecule has 2 rings (SSSR count). The number of rotatable bonds is 6. The molecule has 2 aromatic rings. The van der Waals surface area contributed by atoms with Gasteiger partial charge in [0.15, 0.2) is 5.13 Å². The molecule has 0 spiro atoms. The maximum absolute atomic E-state index is 5.63. The van der Waals surface area contributed by atoms with E-state index >= 15 is 0 Å². The molecule has 1 aromatic heterocycles. The van der Waals surface area contributed by atoms with Crippen molar-refractivity contribution in [3.05, 3.63) is 40.9 Å². The molecule has 0 unspecified atom stereocenters. The Hall–Kier alpha value is -1.30. The van der Waals surface area contributed by atoms with Crippen molar-refractivity contribution in [2.75, 3.05) is 19.4 Å². The number of anilines is 1. The van der Waals surface area contributed by atoms with Crippen LogP contribution in [-0.4, -0.2) is 23.5 Å². The van der Waals surface area contributed by atoms with Crippen molar-refractivity contribution in [2.24, 2.45) is 0 Å². The van der Waals surface area contributed by atoms with Gasteiger partial charge in [-0.25, -0.2) is 4.98 Å². The van der Waals surface area contributed by atoms with Gasteiger partial charge < -0.3 is 10.5 Å². The molecule has 0 aliphatic heterocycles. The molecular weight excluding hydrogens is 294 g/mol. The molecular formula is C14H20ClN3OS. The number of benzene rings is 1. The monoisotopic (exact) mass is 313 g/mol. The highest BCUT2D eigenvalue weighted by molar-refractivity contribution is 7.15. The van der Waals surface area contributed by atoms with Crippen LogP contribution in [0.4, 0.5) is 5.13 Å². The fraction of sp³-hybridized carbons (Fsp3) is 0.357. The van der Waals surface area contributed by atoms with Crippen molar-refractivity contribution in [1.82, 2.24) is 9.88 Å². The fourth-order valence-electron chi connectivity index (χ4n) is 1.89. The number of aromatic nitrogens is 1. The minimum Gasteiger partial charge on any atom is -0.494 e. The topological polar surface area (TPSA) is 51.4 Å². The molecule has 0 saturated carbocycles. The minimum absolute atomic E-state index is 0. The van der Waals surface area contributed by atoms with Crippen LogP contribution in [0.3, 0.4) is 0 Å². The van der Waals surface area contributed by atoms with Gasteiger partial charge in [0.05, 0.1) is 6.61 Å². The number of thiazole rings is 1. The van der Waals surface area contributed by atoms with Gasteiger partial charge in [-0.3, -0.25) is 4.90 Å². The molecule has 4 nitrogen and oxygen atoms in total. The predicted molar refractivity (Wildman–Crippen MR) is 86.6 cm³/mol. The second-order valence-corrected chi connectivity index (χ2v) is 5.56.